The van der Waals surface area contributed by atoms with Gasteiger partial charge in [-0.05, 0) is 86.8 Å². The predicted molar refractivity (Wildman–Crippen MR) is 141 cm³/mol. The number of carbonyl (C=O) groups is 2. The van der Waals surface area contributed by atoms with Gasteiger partial charge in [-0.25, -0.2) is 0 Å². The van der Waals surface area contributed by atoms with Gasteiger partial charge in [-0.3, -0.25) is 19.5 Å². The highest BCUT2D eigenvalue weighted by Crippen LogP contribution is 2.46. The monoisotopic (exact) mass is 480 g/mol. The van der Waals surface area contributed by atoms with Crippen LogP contribution in [0.2, 0.25) is 0 Å². The maximum atomic E-state index is 13.4. The number of hydrogen-bond donors (Lipinski definition) is 1. The lowest BCUT2D eigenvalue weighted by molar-refractivity contribution is -0.131. The number of hydrogen-bond acceptors (Lipinski definition) is 3. The van der Waals surface area contributed by atoms with Crippen molar-refractivity contribution >= 4 is 28.6 Å². The van der Waals surface area contributed by atoms with E-state index in [4.69, 9.17) is 4.99 Å². The minimum absolute atomic E-state index is 0.154. The van der Waals surface area contributed by atoms with Gasteiger partial charge < -0.3 is 9.88 Å². The van der Waals surface area contributed by atoms with Gasteiger partial charge in [0, 0.05) is 47.7 Å². The van der Waals surface area contributed by atoms with Crippen molar-refractivity contribution in [3.63, 3.8) is 0 Å². The molecule has 36 heavy (non-hydrogen) atoms. The highest BCUT2D eigenvalue weighted by molar-refractivity contribution is 6.17. The fourth-order valence-electron chi connectivity index (χ4n) is 6.06. The molecule has 4 aliphatic rings. The zero-order valence-corrected chi connectivity index (χ0v) is 21.0. The third-order valence-electron chi connectivity index (χ3n) is 8.46. The van der Waals surface area contributed by atoms with Crippen molar-refractivity contribution in [3.8, 4) is 11.1 Å². The molecule has 2 saturated carbocycles. The summed E-state index contributed by atoms with van der Waals surface area (Å²) in [6.45, 7) is 6.43. The fourth-order valence-corrected chi connectivity index (χ4v) is 6.06. The number of rotatable bonds is 5. The van der Waals surface area contributed by atoms with Crippen LogP contribution in [-0.2, 0) is 9.59 Å². The lowest BCUT2D eigenvalue weighted by atomic mass is 9.98. The van der Waals surface area contributed by atoms with E-state index >= 15 is 0 Å². The molecule has 2 aliphatic carbocycles. The average molecular weight is 481 g/mol. The van der Waals surface area contributed by atoms with Crippen LogP contribution in [0, 0.1) is 25.7 Å². The summed E-state index contributed by atoms with van der Waals surface area (Å²) in [4.78, 5) is 38.4. The molecule has 2 aliphatic heterocycles. The maximum Gasteiger partial charge on any atom is 0.256 e. The number of benzene rings is 2. The van der Waals surface area contributed by atoms with Crippen LogP contribution >= 0.6 is 0 Å². The first-order chi connectivity index (χ1) is 17.4. The summed E-state index contributed by atoms with van der Waals surface area (Å²) in [7, 11) is 0. The fraction of sp³-hybridized carbons (Fsp3) is 0.433. The molecule has 6 heteroatoms. The van der Waals surface area contributed by atoms with Crippen LogP contribution in [0.1, 0.15) is 48.9 Å². The van der Waals surface area contributed by atoms with Gasteiger partial charge in [0.15, 0.2) is 0 Å². The van der Waals surface area contributed by atoms with Gasteiger partial charge in [0.1, 0.15) is 11.4 Å². The van der Waals surface area contributed by atoms with Crippen molar-refractivity contribution in [3.05, 3.63) is 59.3 Å². The van der Waals surface area contributed by atoms with E-state index in [0.29, 0.717) is 18.4 Å². The van der Waals surface area contributed by atoms with E-state index < -0.39 is 5.54 Å². The maximum absolute atomic E-state index is 13.4. The molecule has 6 nitrogen and oxygen atoms in total. The number of H-pyrrole nitrogens is 1. The Morgan fingerprint density at radius 3 is 2.58 bits per heavy atom. The van der Waals surface area contributed by atoms with Gasteiger partial charge in [-0.2, -0.15) is 0 Å². The molecule has 1 saturated heterocycles. The van der Waals surface area contributed by atoms with E-state index in [9.17, 15) is 9.59 Å². The smallest absolute Gasteiger partial charge is 0.256 e. The Kier molecular flexibility index (Phi) is 4.73. The van der Waals surface area contributed by atoms with E-state index in [0.717, 1.165) is 73.4 Å². The summed E-state index contributed by atoms with van der Waals surface area (Å²) in [5, 5.41) is 1.21. The first kappa shape index (κ1) is 21.8. The Morgan fingerprint density at radius 2 is 1.83 bits per heavy atom. The van der Waals surface area contributed by atoms with Gasteiger partial charge in [-0.1, -0.05) is 24.3 Å². The second-order valence-corrected chi connectivity index (χ2v) is 11.4. The number of nitrogens with zero attached hydrogens (tertiary/aromatic N) is 3. The van der Waals surface area contributed by atoms with Crippen LogP contribution in [0.25, 0.3) is 22.0 Å². The third-order valence-corrected chi connectivity index (χ3v) is 8.46. The number of aliphatic imine (C=N–C) groups is 1. The van der Waals surface area contributed by atoms with Crippen molar-refractivity contribution in [2.24, 2.45) is 16.8 Å². The predicted octanol–water partition coefficient (Wildman–Crippen LogP) is 4.83. The molecule has 1 N–H and O–H groups in total. The highest BCUT2D eigenvalue weighted by Gasteiger charge is 2.57. The summed E-state index contributed by atoms with van der Waals surface area (Å²) in [5.41, 5.74) is 6.30. The molecule has 3 aromatic rings. The second kappa shape index (κ2) is 7.79. The normalized spacial score (nSPS) is 22.7. The number of amides is 2. The molecule has 7 rings (SSSR count). The van der Waals surface area contributed by atoms with Crippen molar-refractivity contribution in [1.82, 2.24) is 14.8 Å². The standard InChI is InChI=1S/C30H32N4O2/c1-18-13-22(23-6-8-26-24(15-23)14-19(2)31-26)5-7-25(18)27-32-30(10-11-30)29(36)34(27)17-20-9-12-33(16-20)28(35)21-3-4-21/h5-8,13-15,20-21,31H,3-4,9-12,16-17H2,1-2H3/t20-/m1/s1. The van der Waals surface area contributed by atoms with Crippen LogP contribution in [0.15, 0.2) is 47.5 Å². The van der Waals surface area contributed by atoms with E-state index in [1.165, 1.54) is 16.5 Å². The van der Waals surface area contributed by atoms with E-state index in [1.807, 2.05) is 9.80 Å². The van der Waals surface area contributed by atoms with Gasteiger partial charge in [0.25, 0.3) is 5.91 Å². The summed E-state index contributed by atoms with van der Waals surface area (Å²) in [5.74, 6) is 1.86. The van der Waals surface area contributed by atoms with Crippen molar-refractivity contribution in [2.75, 3.05) is 19.6 Å². The minimum Gasteiger partial charge on any atom is -0.359 e. The average Bonchev–Trinajstić information content (AvgIpc) is 3.76. The van der Waals surface area contributed by atoms with Crippen molar-refractivity contribution < 1.29 is 9.59 Å². The Labute approximate surface area is 211 Å². The molecule has 0 bridgehead atoms. The third kappa shape index (κ3) is 3.57. The molecule has 0 radical (unpaired) electrons. The number of aromatic amines is 1. The molecule has 1 aromatic heterocycles. The van der Waals surface area contributed by atoms with Crippen LogP contribution in [0.3, 0.4) is 0 Å². The number of fused-ring (bicyclic) bond motifs is 1. The molecular weight excluding hydrogens is 448 g/mol. The first-order valence-corrected chi connectivity index (χ1v) is 13.3. The first-order valence-electron chi connectivity index (χ1n) is 13.3. The summed E-state index contributed by atoms with van der Waals surface area (Å²) < 4.78 is 0. The molecule has 3 heterocycles. The molecule has 3 fully saturated rings. The number of aryl methyl sites for hydroxylation is 2. The summed E-state index contributed by atoms with van der Waals surface area (Å²) in [6.07, 6.45) is 4.73. The van der Waals surface area contributed by atoms with E-state index in [1.54, 1.807) is 0 Å². The van der Waals surface area contributed by atoms with Crippen molar-refractivity contribution in [1.29, 1.82) is 0 Å². The second-order valence-electron chi connectivity index (χ2n) is 11.4. The summed E-state index contributed by atoms with van der Waals surface area (Å²) >= 11 is 0. The molecule has 1 spiro atoms. The van der Waals surface area contributed by atoms with E-state index in [-0.39, 0.29) is 11.8 Å². The lowest BCUT2D eigenvalue weighted by Gasteiger charge is -2.24. The minimum atomic E-state index is -0.528. The molecular formula is C30H32N4O2. The van der Waals surface area contributed by atoms with Gasteiger partial charge in [0.2, 0.25) is 5.91 Å². The molecule has 1 atom stereocenters. The number of aromatic nitrogens is 1. The number of carbonyl (C=O) groups excluding carboxylic acids is 2. The molecule has 2 amide bonds. The molecule has 2 aromatic carbocycles. The zero-order valence-electron chi connectivity index (χ0n) is 21.0. The number of amidine groups is 1. The quantitative estimate of drug-likeness (QED) is 0.568. The molecule has 0 unspecified atom stereocenters. The number of likely N-dealkylation sites (tertiary alicyclic amines) is 1. The Balaban J connectivity index is 1.15. The van der Waals surface area contributed by atoms with Crippen LogP contribution in [-0.4, -0.2) is 57.6 Å². The van der Waals surface area contributed by atoms with Gasteiger partial charge >= 0.3 is 0 Å². The SMILES string of the molecule is Cc1cc2cc(-c3ccc(C4=NC5(CC5)C(=O)N4C[C@@H]4CCN(C(=O)C5CC5)C4)c(C)c3)ccc2[nH]1. The van der Waals surface area contributed by atoms with Gasteiger partial charge in [0.05, 0.1) is 0 Å². The summed E-state index contributed by atoms with van der Waals surface area (Å²) in [6, 6.07) is 15.2. The van der Waals surface area contributed by atoms with E-state index in [2.05, 4.69) is 61.3 Å². The van der Waals surface area contributed by atoms with Crippen LogP contribution in [0.4, 0.5) is 0 Å². The van der Waals surface area contributed by atoms with Gasteiger partial charge in [-0.15, -0.1) is 0 Å². The number of nitrogens with one attached hydrogen (secondary N) is 1. The topological polar surface area (TPSA) is 68.8 Å². The zero-order chi connectivity index (χ0) is 24.6. The Hall–Kier alpha value is -3.41. The van der Waals surface area contributed by atoms with Crippen LogP contribution in [0.5, 0.6) is 0 Å². The molecule has 184 valence electrons. The van der Waals surface area contributed by atoms with Crippen molar-refractivity contribution in [2.45, 2.75) is 51.5 Å². The lowest BCUT2D eigenvalue weighted by Crippen LogP contribution is -2.41. The Morgan fingerprint density at radius 1 is 1.06 bits per heavy atom. The highest BCUT2D eigenvalue weighted by atomic mass is 16.2. The van der Waals surface area contributed by atoms with Crippen LogP contribution < -0.4 is 0 Å². The largest absolute Gasteiger partial charge is 0.359 e. The Bertz CT molecular complexity index is 1440.